The number of carbonyl (C=O) groups is 1. The number of anilines is 1. The molecule has 1 aliphatic rings. The second kappa shape index (κ2) is 9.82. The lowest BCUT2D eigenvalue weighted by molar-refractivity contribution is -0.120. The number of hydrogen-bond donors (Lipinski definition) is 1. The molecule has 2 aromatic carbocycles. The Hall–Kier alpha value is -3.22. The number of methoxy groups -OCH3 is 3. The molecule has 0 saturated carbocycles. The first-order valence-corrected chi connectivity index (χ1v) is 9.60. The van der Waals surface area contributed by atoms with E-state index in [1.807, 2.05) is 36.4 Å². The van der Waals surface area contributed by atoms with Gasteiger partial charge in [0.05, 0.1) is 39.7 Å². The van der Waals surface area contributed by atoms with Crippen LogP contribution in [0.2, 0.25) is 0 Å². The second-order valence-electron chi connectivity index (χ2n) is 6.78. The third-order valence-electron chi connectivity index (χ3n) is 4.89. The maximum atomic E-state index is 12.1. The molecule has 1 N–H and O–H groups in total. The molecule has 2 aromatic rings. The first-order valence-electron chi connectivity index (χ1n) is 9.60. The number of nitrogens with zero attached hydrogens (tertiary/aromatic N) is 2. The summed E-state index contributed by atoms with van der Waals surface area (Å²) in [6.07, 6.45) is 4.15. The van der Waals surface area contributed by atoms with Crippen LogP contribution in [0.25, 0.3) is 0 Å². The maximum absolute atomic E-state index is 12.1. The van der Waals surface area contributed by atoms with Gasteiger partial charge in [-0.15, -0.1) is 0 Å². The highest BCUT2D eigenvalue weighted by Crippen LogP contribution is 2.36. The SMILES string of the molecule is COc1ccc(CC(=O)N/N=C/c2cc(OC)c(N3CCCC3)cc2OC)cc1. The van der Waals surface area contributed by atoms with E-state index in [-0.39, 0.29) is 12.3 Å². The Bertz CT molecular complexity index is 859. The van der Waals surface area contributed by atoms with Gasteiger partial charge in [-0.05, 0) is 36.6 Å². The lowest BCUT2D eigenvalue weighted by Gasteiger charge is -2.22. The topological polar surface area (TPSA) is 72.4 Å². The van der Waals surface area contributed by atoms with Crippen LogP contribution < -0.4 is 24.5 Å². The quantitative estimate of drug-likeness (QED) is 0.548. The summed E-state index contributed by atoms with van der Waals surface area (Å²) >= 11 is 0. The van der Waals surface area contributed by atoms with Crippen LogP contribution in [-0.2, 0) is 11.2 Å². The van der Waals surface area contributed by atoms with Crippen molar-refractivity contribution in [3.8, 4) is 17.2 Å². The highest BCUT2D eigenvalue weighted by molar-refractivity contribution is 5.88. The zero-order valence-corrected chi connectivity index (χ0v) is 17.1. The molecule has 154 valence electrons. The fraction of sp³-hybridized carbons (Fsp3) is 0.364. The number of hydrazone groups is 1. The molecule has 0 radical (unpaired) electrons. The van der Waals surface area contributed by atoms with Gasteiger partial charge in [-0.1, -0.05) is 12.1 Å². The van der Waals surface area contributed by atoms with E-state index >= 15 is 0 Å². The molecule has 1 saturated heterocycles. The standard InChI is InChI=1S/C22H27N3O4/c1-27-18-8-6-16(7-9-18)12-22(26)24-23-15-17-13-21(29-3)19(14-20(17)28-2)25-10-4-5-11-25/h6-9,13-15H,4-5,10-12H2,1-3H3,(H,24,26)/b23-15+. The molecule has 3 rings (SSSR count). The van der Waals surface area contributed by atoms with Crippen molar-refractivity contribution in [3.05, 3.63) is 47.5 Å². The van der Waals surface area contributed by atoms with Gasteiger partial charge in [0.15, 0.2) is 0 Å². The Kier molecular flexibility index (Phi) is 6.94. The van der Waals surface area contributed by atoms with Crippen LogP contribution in [0, 0.1) is 0 Å². The minimum Gasteiger partial charge on any atom is -0.497 e. The molecule has 0 unspecified atom stereocenters. The summed E-state index contributed by atoms with van der Waals surface area (Å²) in [5.74, 6) is 2.00. The van der Waals surface area contributed by atoms with Gasteiger partial charge in [0.2, 0.25) is 5.91 Å². The summed E-state index contributed by atoms with van der Waals surface area (Å²) in [4.78, 5) is 14.4. The van der Waals surface area contributed by atoms with Crippen LogP contribution in [0.3, 0.4) is 0 Å². The Morgan fingerprint density at radius 2 is 1.72 bits per heavy atom. The van der Waals surface area contributed by atoms with E-state index in [2.05, 4.69) is 15.4 Å². The molecule has 1 heterocycles. The lowest BCUT2D eigenvalue weighted by atomic mass is 10.1. The number of nitrogens with one attached hydrogen (secondary N) is 1. The highest BCUT2D eigenvalue weighted by Gasteiger charge is 2.19. The van der Waals surface area contributed by atoms with Crippen LogP contribution in [0.15, 0.2) is 41.5 Å². The molecule has 0 bridgehead atoms. The number of rotatable bonds is 8. The molecular formula is C22H27N3O4. The minimum atomic E-state index is -0.203. The van der Waals surface area contributed by atoms with E-state index < -0.39 is 0 Å². The molecule has 7 nitrogen and oxygen atoms in total. The lowest BCUT2D eigenvalue weighted by Crippen LogP contribution is -2.20. The fourth-order valence-electron chi connectivity index (χ4n) is 3.35. The molecule has 1 fully saturated rings. The van der Waals surface area contributed by atoms with Crippen LogP contribution >= 0.6 is 0 Å². The largest absolute Gasteiger partial charge is 0.497 e. The van der Waals surface area contributed by atoms with E-state index in [4.69, 9.17) is 14.2 Å². The van der Waals surface area contributed by atoms with Gasteiger partial charge >= 0.3 is 0 Å². The number of hydrogen-bond acceptors (Lipinski definition) is 6. The van der Waals surface area contributed by atoms with E-state index in [0.717, 1.165) is 41.4 Å². The van der Waals surface area contributed by atoms with Gasteiger partial charge in [0.1, 0.15) is 17.2 Å². The number of carbonyl (C=O) groups excluding carboxylic acids is 1. The second-order valence-corrected chi connectivity index (χ2v) is 6.78. The third-order valence-corrected chi connectivity index (χ3v) is 4.89. The normalized spacial score (nSPS) is 13.6. The van der Waals surface area contributed by atoms with Crippen LogP contribution in [0.5, 0.6) is 17.2 Å². The van der Waals surface area contributed by atoms with E-state index in [9.17, 15) is 4.79 Å². The van der Waals surface area contributed by atoms with Crippen molar-refractivity contribution < 1.29 is 19.0 Å². The molecule has 0 aliphatic carbocycles. The summed E-state index contributed by atoms with van der Waals surface area (Å²) in [5, 5.41) is 4.08. The van der Waals surface area contributed by atoms with E-state index in [1.165, 1.54) is 12.8 Å². The Labute approximate surface area is 171 Å². The zero-order chi connectivity index (χ0) is 20.6. The van der Waals surface area contributed by atoms with Crippen molar-refractivity contribution in [1.29, 1.82) is 0 Å². The number of amides is 1. The van der Waals surface area contributed by atoms with Gasteiger partial charge in [-0.2, -0.15) is 5.10 Å². The summed E-state index contributed by atoms with van der Waals surface area (Å²) in [6.45, 7) is 2.02. The Morgan fingerprint density at radius 1 is 1.03 bits per heavy atom. The molecular weight excluding hydrogens is 370 g/mol. The van der Waals surface area contributed by atoms with Crippen molar-refractivity contribution in [1.82, 2.24) is 5.43 Å². The molecule has 1 aliphatic heterocycles. The zero-order valence-electron chi connectivity index (χ0n) is 17.1. The summed E-state index contributed by atoms with van der Waals surface area (Å²) in [5.41, 5.74) is 5.19. The van der Waals surface area contributed by atoms with E-state index in [0.29, 0.717) is 5.75 Å². The molecule has 0 spiro atoms. The number of ether oxygens (including phenoxy) is 3. The highest BCUT2D eigenvalue weighted by atomic mass is 16.5. The summed E-state index contributed by atoms with van der Waals surface area (Å²) < 4.78 is 16.2. The number of benzene rings is 2. The van der Waals surface area contributed by atoms with Crippen molar-refractivity contribution >= 4 is 17.8 Å². The first kappa shape index (κ1) is 20.5. The average molecular weight is 397 g/mol. The fourth-order valence-corrected chi connectivity index (χ4v) is 3.35. The van der Waals surface area contributed by atoms with Crippen molar-refractivity contribution in [2.45, 2.75) is 19.3 Å². The molecule has 7 heteroatoms. The average Bonchev–Trinajstić information content (AvgIpc) is 3.28. The maximum Gasteiger partial charge on any atom is 0.244 e. The van der Waals surface area contributed by atoms with E-state index in [1.54, 1.807) is 27.5 Å². The van der Waals surface area contributed by atoms with Gasteiger partial charge in [-0.25, -0.2) is 5.43 Å². The monoisotopic (exact) mass is 397 g/mol. The van der Waals surface area contributed by atoms with Gasteiger partial charge < -0.3 is 19.1 Å². The Morgan fingerprint density at radius 3 is 2.34 bits per heavy atom. The molecule has 0 atom stereocenters. The van der Waals surface area contributed by atoms with Gasteiger partial charge in [-0.3, -0.25) is 4.79 Å². The van der Waals surface area contributed by atoms with Crippen LogP contribution in [-0.4, -0.2) is 46.5 Å². The van der Waals surface area contributed by atoms with Crippen molar-refractivity contribution in [2.24, 2.45) is 5.10 Å². The first-order chi connectivity index (χ1) is 14.1. The summed E-state index contributed by atoms with van der Waals surface area (Å²) in [6, 6.07) is 11.2. The van der Waals surface area contributed by atoms with Crippen molar-refractivity contribution in [3.63, 3.8) is 0 Å². The summed E-state index contributed by atoms with van der Waals surface area (Å²) in [7, 11) is 4.88. The molecule has 1 amide bonds. The minimum absolute atomic E-state index is 0.203. The van der Waals surface area contributed by atoms with Crippen molar-refractivity contribution in [2.75, 3.05) is 39.3 Å². The predicted octanol–water partition coefficient (Wildman–Crippen LogP) is 3.01. The van der Waals surface area contributed by atoms with Gasteiger partial charge in [0, 0.05) is 24.7 Å². The van der Waals surface area contributed by atoms with Gasteiger partial charge in [0.25, 0.3) is 0 Å². The van der Waals surface area contributed by atoms with Crippen LogP contribution in [0.4, 0.5) is 5.69 Å². The molecule has 0 aromatic heterocycles. The third kappa shape index (κ3) is 5.19. The predicted molar refractivity (Wildman–Crippen MR) is 113 cm³/mol. The Balaban J connectivity index is 1.67. The molecule has 29 heavy (non-hydrogen) atoms. The smallest absolute Gasteiger partial charge is 0.244 e. The van der Waals surface area contributed by atoms with Crippen LogP contribution in [0.1, 0.15) is 24.0 Å².